The highest BCUT2D eigenvalue weighted by molar-refractivity contribution is 9.10. The summed E-state index contributed by atoms with van der Waals surface area (Å²) in [7, 11) is 0. The summed E-state index contributed by atoms with van der Waals surface area (Å²) in [6, 6.07) is 11.0. The summed E-state index contributed by atoms with van der Waals surface area (Å²) >= 11 is 9.07. The number of rotatable bonds is 4. The van der Waals surface area contributed by atoms with Crippen molar-refractivity contribution < 1.29 is 9.21 Å². The molecule has 1 heterocycles. The van der Waals surface area contributed by atoms with Gasteiger partial charge in [0.1, 0.15) is 0 Å². The maximum atomic E-state index is 12.0. The van der Waals surface area contributed by atoms with Crippen LogP contribution < -0.4 is 5.32 Å². The van der Waals surface area contributed by atoms with E-state index in [9.17, 15) is 4.79 Å². The number of carbonyl (C=O) groups is 1. The van der Waals surface area contributed by atoms with Gasteiger partial charge in [0.05, 0.1) is 17.9 Å². The van der Waals surface area contributed by atoms with E-state index in [1.807, 2.05) is 30.3 Å². The smallest absolute Gasteiger partial charge is 0.256 e. The van der Waals surface area contributed by atoms with E-state index in [1.54, 1.807) is 6.07 Å². The summed E-state index contributed by atoms with van der Waals surface area (Å²) in [5.41, 5.74) is 1.43. The fourth-order valence-electron chi connectivity index (χ4n) is 1.59. The van der Waals surface area contributed by atoms with Gasteiger partial charge in [0.2, 0.25) is 0 Å². The first-order chi connectivity index (χ1) is 8.72. The molecule has 0 aliphatic carbocycles. The molecule has 1 unspecified atom stereocenters. The number of hydrogen-bond acceptors (Lipinski definition) is 2. The Bertz CT molecular complexity index is 527. The van der Waals surface area contributed by atoms with Crippen molar-refractivity contribution in [1.82, 2.24) is 5.32 Å². The molecule has 18 heavy (non-hydrogen) atoms. The van der Waals surface area contributed by atoms with Gasteiger partial charge < -0.3 is 9.73 Å². The van der Waals surface area contributed by atoms with E-state index in [-0.39, 0.29) is 11.9 Å². The molecule has 1 amide bonds. The van der Waals surface area contributed by atoms with Crippen molar-refractivity contribution in [3.05, 3.63) is 58.5 Å². The lowest BCUT2D eigenvalue weighted by Crippen LogP contribution is -2.29. The summed E-state index contributed by atoms with van der Waals surface area (Å²) in [5, 5.41) is 2.87. The van der Waals surface area contributed by atoms with Gasteiger partial charge in [-0.3, -0.25) is 4.79 Å². The second-order valence-corrected chi connectivity index (χ2v) is 4.73. The lowest BCUT2D eigenvalue weighted by atomic mass is 10.1. The average Bonchev–Trinajstić information content (AvgIpc) is 2.83. The van der Waals surface area contributed by atoms with Crippen LogP contribution >= 0.6 is 27.5 Å². The highest BCUT2D eigenvalue weighted by Crippen LogP contribution is 2.20. The zero-order chi connectivity index (χ0) is 13.0. The maximum absolute atomic E-state index is 12.0. The van der Waals surface area contributed by atoms with Crippen LogP contribution in [0.5, 0.6) is 0 Å². The molecule has 1 N–H and O–H groups in total. The summed E-state index contributed by atoms with van der Waals surface area (Å²) in [5.74, 6) is 0.0933. The SMILES string of the molecule is O=C(NC(CCl)c1ccccc1)c1ccoc1Br. The molecule has 1 aromatic carbocycles. The Kier molecular flexibility index (Phi) is 4.44. The van der Waals surface area contributed by atoms with E-state index < -0.39 is 0 Å². The molecule has 3 nitrogen and oxygen atoms in total. The van der Waals surface area contributed by atoms with Gasteiger partial charge in [0, 0.05) is 5.88 Å². The predicted octanol–water partition coefficient (Wildman–Crippen LogP) is 3.75. The quantitative estimate of drug-likeness (QED) is 0.869. The molecule has 1 atom stereocenters. The van der Waals surface area contributed by atoms with Crippen molar-refractivity contribution in [3.63, 3.8) is 0 Å². The molecular formula is C13H11BrClNO2. The molecule has 94 valence electrons. The number of nitrogens with one attached hydrogen (secondary N) is 1. The van der Waals surface area contributed by atoms with Gasteiger partial charge in [-0.05, 0) is 27.6 Å². The minimum Gasteiger partial charge on any atom is -0.457 e. The average molecular weight is 329 g/mol. The molecule has 2 rings (SSSR count). The van der Waals surface area contributed by atoms with Gasteiger partial charge >= 0.3 is 0 Å². The molecule has 5 heteroatoms. The Morgan fingerprint density at radius 1 is 1.33 bits per heavy atom. The van der Waals surface area contributed by atoms with E-state index in [0.29, 0.717) is 16.1 Å². The summed E-state index contributed by atoms with van der Waals surface area (Å²) in [4.78, 5) is 12.0. The zero-order valence-electron chi connectivity index (χ0n) is 9.40. The second-order valence-electron chi connectivity index (χ2n) is 3.70. The second kappa shape index (κ2) is 6.07. The molecule has 0 aliphatic rings. The molecule has 2 aromatic rings. The van der Waals surface area contributed by atoms with Crippen molar-refractivity contribution >= 4 is 33.4 Å². The fourth-order valence-corrected chi connectivity index (χ4v) is 2.26. The standard InChI is InChI=1S/C13H11BrClNO2/c14-12-10(6-7-18-12)13(17)16-11(8-15)9-4-2-1-3-5-9/h1-7,11H,8H2,(H,16,17). The summed E-state index contributed by atoms with van der Waals surface area (Å²) in [6.07, 6.45) is 1.46. The van der Waals surface area contributed by atoms with Crippen LogP contribution in [0.3, 0.4) is 0 Å². The van der Waals surface area contributed by atoms with E-state index in [0.717, 1.165) is 5.56 Å². The molecule has 0 bridgehead atoms. The van der Waals surface area contributed by atoms with Crippen LogP contribution in [0.25, 0.3) is 0 Å². The van der Waals surface area contributed by atoms with E-state index in [1.165, 1.54) is 6.26 Å². The van der Waals surface area contributed by atoms with Crippen molar-refractivity contribution in [1.29, 1.82) is 0 Å². The monoisotopic (exact) mass is 327 g/mol. The Labute approximate surface area is 118 Å². The number of alkyl halides is 1. The van der Waals surface area contributed by atoms with E-state index in [4.69, 9.17) is 16.0 Å². The van der Waals surface area contributed by atoms with Crippen LogP contribution in [0.4, 0.5) is 0 Å². The maximum Gasteiger partial charge on any atom is 0.256 e. The van der Waals surface area contributed by atoms with Crippen LogP contribution in [-0.2, 0) is 0 Å². The van der Waals surface area contributed by atoms with Crippen LogP contribution in [0, 0.1) is 0 Å². The van der Waals surface area contributed by atoms with Crippen molar-refractivity contribution in [2.45, 2.75) is 6.04 Å². The first-order valence-electron chi connectivity index (χ1n) is 5.37. The van der Waals surface area contributed by atoms with Gasteiger partial charge in [0.15, 0.2) is 4.67 Å². The number of benzene rings is 1. The number of hydrogen-bond donors (Lipinski definition) is 1. The molecule has 0 aliphatic heterocycles. The summed E-state index contributed by atoms with van der Waals surface area (Å²) < 4.78 is 5.45. The van der Waals surface area contributed by atoms with Gasteiger partial charge in [-0.2, -0.15) is 0 Å². The van der Waals surface area contributed by atoms with E-state index in [2.05, 4.69) is 21.2 Å². The highest BCUT2D eigenvalue weighted by atomic mass is 79.9. The molecular weight excluding hydrogens is 318 g/mol. The van der Waals surface area contributed by atoms with Gasteiger partial charge in [-0.15, -0.1) is 11.6 Å². The third kappa shape index (κ3) is 2.94. The Balaban J connectivity index is 2.13. The van der Waals surface area contributed by atoms with Gasteiger partial charge in [-0.25, -0.2) is 0 Å². The highest BCUT2D eigenvalue weighted by Gasteiger charge is 2.17. The van der Waals surface area contributed by atoms with Crippen LogP contribution in [0.2, 0.25) is 0 Å². The predicted molar refractivity (Wildman–Crippen MR) is 73.8 cm³/mol. The first-order valence-corrected chi connectivity index (χ1v) is 6.70. The Morgan fingerprint density at radius 2 is 2.06 bits per heavy atom. The van der Waals surface area contributed by atoms with Crippen molar-refractivity contribution in [3.8, 4) is 0 Å². The topological polar surface area (TPSA) is 42.2 Å². The van der Waals surface area contributed by atoms with E-state index >= 15 is 0 Å². The minimum absolute atomic E-state index is 0.217. The third-order valence-electron chi connectivity index (χ3n) is 2.52. The molecule has 0 radical (unpaired) electrons. The molecule has 0 saturated heterocycles. The minimum atomic E-state index is -0.220. The van der Waals surface area contributed by atoms with Gasteiger partial charge in [-0.1, -0.05) is 30.3 Å². The molecule has 0 saturated carbocycles. The lowest BCUT2D eigenvalue weighted by molar-refractivity contribution is 0.0938. The number of halogens is 2. The third-order valence-corrected chi connectivity index (χ3v) is 3.45. The number of amides is 1. The van der Waals surface area contributed by atoms with Crippen LogP contribution in [-0.4, -0.2) is 11.8 Å². The normalized spacial score (nSPS) is 12.1. The summed E-state index contributed by atoms with van der Waals surface area (Å²) in [6.45, 7) is 0. The lowest BCUT2D eigenvalue weighted by Gasteiger charge is -2.16. The van der Waals surface area contributed by atoms with Crippen LogP contribution in [0.15, 0.2) is 51.7 Å². The number of furan rings is 1. The van der Waals surface area contributed by atoms with Gasteiger partial charge in [0.25, 0.3) is 5.91 Å². The molecule has 0 fully saturated rings. The van der Waals surface area contributed by atoms with Crippen molar-refractivity contribution in [2.24, 2.45) is 0 Å². The zero-order valence-corrected chi connectivity index (χ0v) is 11.7. The first kappa shape index (κ1) is 13.2. The Hall–Kier alpha value is -1.26. The largest absolute Gasteiger partial charge is 0.457 e. The number of carbonyl (C=O) groups excluding carboxylic acids is 1. The van der Waals surface area contributed by atoms with Crippen LogP contribution in [0.1, 0.15) is 22.0 Å². The fraction of sp³-hybridized carbons (Fsp3) is 0.154. The van der Waals surface area contributed by atoms with Crippen molar-refractivity contribution in [2.75, 3.05) is 5.88 Å². The Morgan fingerprint density at radius 3 is 2.61 bits per heavy atom. The molecule has 0 spiro atoms. The molecule has 1 aromatic heterocycles.